The number of para-hydroxylation sites is 1. The van der Waals surface area contributed by atoms with Gasteiger partial charge in [0.15, 0.2) is 0 Å². The lowest BCUT2D eigenvalue weighted by atomic mass is 9.89. The second kappa shape index (κ2) is 9.82. The van der Waals surface area contributed by atoms with Gasteiger partial charge in [-0.1, -0.05) is 36.4 Å². The summed E-state index contributed by atoms with van der Waals surface area (Å²) in [5.41, 5.74) is 4.30. The molecule has 0 spiro atoms. The molecule has 1 aromatic heterocycles. The van der Waals surface area contributed by atoms with Crippen molar-refractivity contribution in [3.63, 3.8) is 0 Å². The van der Waals surface area contributed by atoms with E-state index in [4.69, 9.17) is 0 Å². The maximum atomic E-state index is 12.4. The van der Waals surface area contributed by atoms with Crippen LogP contribution in [-0.2, 0) is 6.54 Å². The SMILES string of the molecule is FC(F)(F)Oc1ccc(C2CCN(c3ccc(CNc4ncnc5ccccc45)cc3)CC2)cc1. The highest BCUT2D eigenvalue weighted by molar-refractivity contribution is 5.88. The molecule has 35 heavy (non-hydrogen) atoms. The van der Waals surface area contributed by atoms with Gasteiger partial charge >= 0.3 is 6.36 Å². The van der Waals surface area contributed by atoms with E-state index in [2.05, 4.69) is 49.2 Å². The predicted octanol–water partition coefficient (Wildman–Crippen LogP) is 6.52. The van der Waals surface area contributed by atoms with Crippen molar-refractivity contribution >= 4 is 22.4 Å². The van der Waals surface area contributed by atoms with E-state index in [1.807, 2.05) is 24.3 Å². The molecule has 1 aliphatic rings. The number of alkyl halides is 3. The third-order valence-electron chi connectivity index (χ3n) is 6.38. The van der Waals surface area contributed by atoms with Gasteiger partial charge in [-0.25, -0.2) is 9.97 Å². The van der Waals surface area contributed by atoms with Crippen molar-refractivity contribution in [3.05, 3.63) is 90.3 Å². The molecule has 4 aromatic rings. The number of aromatic nitrogens is 2. The van der Waals surface area contributed by atoms with E-state index in [1.54, 1.807) is 18.5 Å². The zero-order valence-corrected chi connectivity index (χ0v) is 19.0. The molecule has 180 valence electrons. The summed E-state index contributed by atoms with van der Waals surface area (Å²) in [5, 5.41) is 4.40. The molecule has 5 nitrogen and oxygen atoms in total. The molecule has 0 bridgehead atoms. The number of rotatable bonds is 6. The third kappa shape index (κ3) is 5.65. The van der Waals surface area contributed by atoms with Gasteiger partial charge in [0.1, 0.15) is 17.9 Å². The molecule has 1 N–H and O–H groups in total. The minimum Gasteiger partial charge on any atom is -0.406 e. The van der Waals surface area contributed by atoms with E-state index < -0.39 is 6.36 Å². The Morgan fingerprint density at radius 3 is 2.31 bits per heavy atom. The largest absolute Gasteiger partial charge is 0.573 e. The molecule has 5 rings (SSSR count). The predicted molar refractivity (Wildman–Crippen MR) is 131 cm³/mol. The highest BCUT2D eigenvalue weighted by Gasteiger charge is 2.31. The second-order valence-corrected chi connectivity index (χ2v) is 8.64. The first-order valence-corrected chi connectivity index (χ1v) is 11.6. The summed E-state index contributed by atoms with van der Waals surface area (Å²) in [6.07, 6.45) is -1.20. The van der Waals surface area contributed by atoms with E-state index in [9.17, 15) is 13.2 Å². The summed E-state index contributed by atoms with van der Waals surface area (Å²) < 4.78 is 41.1. The maximum Gasteiger partial charge on any atom is 0.573 e. The summed E-state index contributed by atoms with van der Waals surface area (Å²) >= 11 is 0. The topological polar surface area (TPSA) is 50.3 Å². The summed E-state index contributed by atoms with van der Waals surface area (Å²) in [6, 6.07) is 22.7. The summed E-state index contributed by atoms with van der Waals surface area (Å²) in [4.78, 5) is 11.0. The fourth-order valence-corrected chi connectivity index (χ4v) is 4.57. The standard InChI is InChI=1S/C27H25F3N4O/c28-27(29,30)35-23-11-7-20(8-12-23)21-13-15-34(16-14-21)22-9-5-19(6-10-22)17-31-26-24-3-1-2-4-25(24)32-18-33-26/h1-12,18,21H,13-17H2,(H,31,32,33). The fourth-order valence-electron chi connectivity index (χ4n) is 4.57. The van der Waals surface area contributed by atoms with Gasteiger partial charge in [0, 0.05) is 30.7 Å². The number of hydrogen-bond donors (Lipinski definition) is 1. The van der Waals surface area contributed by atoms with Crippen LogP contribution in [0.3, 0.4) is 0 Å². The lowest BCUT2D eigenvalue weighted by Crippen LogP contribution is -2.32. The molecule has 0 amide bonds. The molecule has 8 heteroatoms. The van der Waals surface area contributed by atoms with E-state index in [1.165, 1.54) is 17.8 Å². The monoisotopic (exact) mass is 478 g/mol. The average molecular weight is 479 g/mol. The molecule has 0 atom stereocenters. The molecule has 0 aliphatic carbocycles. The van der Waals surface area contributed by atoms with Crippen LogP contribution in [0.2, 0.25) is 0 Å². The van der Waals surface area contributed by atoms with Gasteiger partial charge in [-0.05, 0) is 66.3 Å². The Bertz CT molecular complexity index is 1260. The summed E-state index contributed by atoms with van der Waals surface area (Å²) in [7, 11) is 0. The Balaban J connectivity index is 1.15. The Kier molecular flexibility index (Phi) is 6.44. The Hall–Kier alpha value is -3.81. The Morgan fingerprint density at radius 1 is 0.886 bits per heavy atom. The number of anilines is 2. The number of fused-ring (bicyclic) bond motifs is 1. The van der Waals surface area contributed by atoms with Crippen LogP contribution in [0.25, 0.3) is 10.9 Å². The lowest BCUT2D eigenvalue weighted by molar-refractivity contribution is -0.274. The molecule has 2 heterocycles. The second-order valence-electron chi connectivity index (χ2n) is 8.64. The number of piperidine rings is 1. The van der Waals surface area contributed by atoms with E-state index in [0.717, 1.165) is 53.8 Å². The number of benzene rings is 3. The molecular weight excluding hydrogens is 453 g/mol. The van der Waals surface area contributed by atoms with Gasteiger partial charge in [0.25, 0.3) is 0 Å². The molecule has 0 radical (unpaired) electrons. The van der Waals surface area contributed by atoms with Crippen LogP contribution in [0.15, 0.2) is 79.1 Å². The molecule has 1 fully saturated rings. The van der Waals surface area contributed by atoms with Crippen LogP contribution in [0.1, 0.15) is 29.9 Å². The summed E-state index contributed by atoms with van der Waals surface area (Å²) in [6.45, 7) is 2.46. The van der Waals surface area contributed by atoms with E-state index in [0.29, 0.717) is 12.5 Å². The summed E-state index contributed by atoms with van der Waals surface area (Å²) in [5.74, 6) is 0.971. The molecular formula is C27H25F3N4O. The van der Waals surface area contributed by atoms with Crippen LogP contribution in [0.4, 0.5) is 24.7 Å². The van der Waals surface area contributed by atoms with Crippen LogP contribution in [0.5, 0.6) is 5.75 Å². The molecule has 3 aromatic carbocycles. The fraction of sp³-hybridized carbons (Fsp3) is 0.259. The molecule has 0 unspecified atom stereocenters. The molecule has 0 saturated carbocycles. The lowest BCUT2D eigenvalue weighted by Gasteiger charge is -2.34. The number of halogens is 3. The van der Waals surface area contributed by atoms with E-state index in [-0.39, 0.29) is 5.75 Å². The van der Waals surface area contributed by atoms with Gasteiger partial charge in [-0.2, -0.15) is 0 Å². The first-order valence-electron chi connectivity index (χ1n) is 11.6. The number of nitrogens with zero attached hydrogens (tertiary/aromatic N) is 3. The van der Waals surface area contributed by atoms with Crippen molar-refractivity contribution in [3.8, 4) is 5.75 Å². The van der Waals surface area contributed by atoms with Crippen LogP contribution in [-0.4, -0.2) is 29.4 Å². The van der Waals surface area contributed by atoms with Gasteiger partial charge in [0.2, 0.25) is 0 Å². The van der Waals surface area contributed by atoms with Crippen molar-refractivity contribution in [1.82, 2.24) is 9.97 Å². The minimum atomic E-state index is -4.66. The number of hydrogen-bond acceptors (Lipinski definition) is 5. The quantitative estimate of drug-likeness (QED) is 0.342. The first kappa shape index (κ1) is 23.0. The smallest absolute Gasteiger partial charge is 0.406 e. The van der Waals surface area contributed by atoms with Gasteiger partial charge in [0.05, 0.1) is 5.52 Å². The van der Waals surface area contributed by atoms with Crippen molar-refractivity contribution < 1.29 is 17.9 Å². The van der Waals surface area contributed by atoms with E-state index >= 15 is 0 Å². The molecule has 1 aliphatic heterocycles. The zero-order valence-electron chi connectivity index (χ0n) is 19.0. The normalized spacial score (nSPS) is 14.8. The maximum absolute atomic E-state index is 12.4. The Labute approximate surface area is 201 Å². The number of nitrogens with one attached hydrogen (secondary N) is 1. The van der Waals surface area contributed by atoms with Gasteiger partial charge < -0.3 is 15.0 Å². The zero-order chi connectivity index (χ0) is 24.3. The highest BCUT2D eigenvalue weighted by Crippen LogP contribution is 2.32. The average Bonchev–Trinajstić information content (AvgIpc) is 2.87. The third-order valence-corrected chi connectivity index (χ3v) is 6.38. The van der Waals surface area contributed by atoms with Crippen molar-refractivity contribution in [1.29, 1.82) is 0 Å². The Morgan fingerprint density at radius 2 is 1.60 bits per heavy atom. The van der Waals surface area contributed by atoms with Crippen molar-refractivity contribution in [2.75, 3.05) is 23.3 Å². The van der Waals surface area contributed by atoms with Gasteiger partial charge in [-0.3, -0.25) is 0 Å². The molecule has 1 saturated heterocycles. The van der Waals surface area contributed by atoms with Crippen LogP contribution in [0, 0.1) is 0 Å². The minimum absolute atomic E-state index is 0.179. The van der Waals surface area contributed by atoms with Crippen molar-refractivity contribution in [2.24, 2.45) is 0 Å². The van der Waals surface area contributed by atoms with Gasteiger partial charge in [-0.15, -0.1) is 13.2 Å². The number of ether oxygens (including phenoxy) is 1. The van der Waals surface area contributed by atoms with Crippen LogP contribution >= 0.6 is 0 Å². The van der Waals surface area contributed by atoms with Crippen molar-refractivity contribution in [2.45, 2.75) is 31.7 Å². The van der Waals surface area contributed by atoms with Crippen LogP contribution < -0.4 is 15.0 Å². The first-order chi connectivity index (χ1) is 16.9. The highest BCUT2D eigenvalue weighted by atomic mass is 19.4.